The number of allylic oxidation sites excluding steroid dienone is 1. The van der Waals surface area contributed by atoms with E-state index in [2.05, 4.69) is 77.4 Å². The average Bonchev–Trinajstić information content (AvgIpc) is 2.96. The molecule has 0 saturated carbocycles. The summed E-state index contributed by atoms with van der Waals surface area (Å²) < 4.78 is 11.4. The molecule has 1 aromatic rings. The van der Waals surface area contributed by atoms with Crippen LogP contribution < -0.4 is 4.74 Å². The highest BCUT2D eigenvalue weighted by Gasteiger charge is 2.35. The van der Waals surface area contributed by atoms with Gasteiger partial charge >= 0.3 is 0 Å². The van der Waals surface area contributed by atoms with E-state index in [1.807, 2.05) is 13.2 Å². The Morgan fingerprint density at radius 1 is 1.06 bits per heavy atom. The summed E-state index contributed by atoms with van der Waals surface area (Å²) in [5.41, 5.74) is 1.38. The van der Waals surface area contributed by atoms with E-state index in [0.717, 1.165) is 23.8 Å². The van der Waals surface area contributed by atoms with Gasteiger partial charge in [0.05, 0.1) is 17.3 Å². The van der Waals surface area contributed by atoms with Gasteiger partial charge in [0.2, 0.25) is 0 Å². The van der Waals surface area contributed by atoms with Crippen LogP contribution in [0, 0.1) is 0 Å². The molecule has 0 radical (unpaired) electrons. The Morgan fingerprint density at radius 3 is 2.68 bits per heavy atom. The number of thioether (sulfide) groups is 4. The Labute approximate surface area is 206 Å². The molecule has 0 amide bonds. The molecular formula is C25H38O2S4. The Hall–Kier alpha value is 0.120. The van der Waals surface area contributed by atoms with E-state index in [4.69, 9.17) is 9.47 Å². The fraction of sp³-hybridized carbons (Fsp3) is 0.680. The van der Waals surface area contributed by atoms with Gasteiger partial charge in [-0.15, -0.1) is 23.5 Å². The van der Waals surface area contributed by atoms with Gasteiger partial charge in [-0.25, -0.2) is 0 Å². The number of rotatable bonds is 9. The van der Waals surface area contributed by atoms with E-state index in [0.29, 0.717) is 0 Å². The number of hydrogen-bond acceptors (Lipinski definition) is 6. The highest BCUT2D eigenvalue weighted by Crippen LogP contribution is 2.53. The minimum Gasteiger partial charge on any atom is -0.497 e. The van der Waals surface area contributed by atoms with Crippen molar-refractivity contribution in [2.24, 2.45) is 0 Å². The minimum atomic E-state index is 0.0902. The molecular weight excluding hydrogens is 461 g/mol. The van der Waals surface area contributed by atoms with Crippen LogP contribution in [0.1, 0.15) is 50.5 Å². The van der Waals surface area contributed by atoms with Crippen molar-refractivity contribution in [2.45, 2.75) is 60.4 Å². The lowest BCUT2D eigenvalue weighted by atomic mass is 10.1. The molecule has 0 spiro atoms. The van der Waals surface area contributed by atoms with Gasteiger partial charge in [0.1, 0.15) is 5.75 Å². The van der Waals surface area contributed by atoms with Crippen molar-refractivity contribution < 1.29 is 9.47 Å². The zero-order valence-corrected chi connectivity index (χ0v) is 22.3. The van der Waals surface area contributed by atoms with Crippen LogP contribution in [0.2, 0.25) is 0 Å². The first-order chi connectivity index (χ1) is 15.3. The highest BCUT2D eigenvalue weighted by molar-refractivity contribution is 8.18. The maximum atomic E-state index is 5.85. The Kier molecular flexibility index (Phi) is 12.0. The molecule has 2 fully saturated rings. The summed E-state index contributed by atoms with van der Waals surface area (Å²) in [7, 11) is 3.62. The molecule has 2 unspecified atom stereocenters. The fourth-order valence-corrected chi connectivity index (χ4v) is 9.75. The molecule has 2 nitrogen and oxygen atoms in total. The Bertz CT molecular complexity index is 651. The molecule has 2 heterocycles. The van der Waals surface area contributed by atoms with Gasteiger partial charge in [0.25, 0.3) is 0 Å². The van der Waals surface area contributed by atoms with Crippen LogP contribution in [0.15, 0.2) is 36.4 Å². The normalized spacial score (nSPS) is 23.6. The van der Waals surface area contributed by atoms with Crippen LogP contribution in [-0.4, -0.2) is 54.3 Å². The third kappa shape index (κ3) is 8.44. The van der Waals surface area contributed by atoms with Crippen LogP contribution in [0.25, 0.3) is 0 Å². The standard InChI is InChI=1S/C25H38O2S4/c1-26-22(12-13-24-11-5-15-28-16-6-17-29-24)10-4-14-25(30-18-7-19-31-25)21-8-3-9-23(20-21)27-2/h3-4,8-10,20,22,24H,5-7,11-19H2,1-2H3. The van der Waals surface area contributed by atoms with E-state index < -0.39 is 0 Å². The molecule has 2 aliphatic rings. The average molecular weight is 499 g/mol. The molecule has 174 valence electrons. The lowest BCUT2D eigenvalue weighted by Gasteiger charge is -2.36. The van der Waals surface area contributed by atoms with Gasteiger partial charge < -0.3 is 9.47 Å². The van der Waals surface area contributed by atoms with Crippen molar-refractivity contribution >= 4 is 47.0 Å². The van der Waals surface area contributed by atoms with Crippen LogP contribution in [-0.2, 0) is 8.82 Å². The SMILES string of the molecule is COc1cccc(C2(CC=CC(CCC3CCCSCCCS3)OC)SCCCS2)c1. The molecule has 1 aromatic carbocycles. The Balaban J connectivity index is 1.58. The first kappa shape index (κ1) is 25.7. The zero-order chi connectivity index (χ0) is 21.8. The second kappa shape index (κ2) is 14.4. The Morgan fingerprint density at radius 2 is 1.87 bits per heavy atom. The highest BCUT2D eigenvalue weighted by atomic mass is 32.2. The zero-order valence-electron chi connectivity index (χ0n) is 19.1. The molecule has 0 aromatic heterocycles. The maximum Gasteiger partial charge on any atom is 0.119 e. The largest absolute Gasteiger partial charge is 0.497 e. The van der Waals surface area contributed by atoms with E-state index in [1.54, 1.807) is 7.11 Å². The number of benzene rings is 1. The van der Waals surface area contributed by atoms with Crippen molar-refractivity contribution in [2.75, 3.05) is 43.0 Å². The minimum absolute atomic E-state index is 0.0902. The molecule has 2 atom stereocenters. The van der Waals surface area contributed by atoms with Gasteiger partial charge in [-0.05, 0) is 91.4 Å². The summed E-state index contributed by atoms with van der Waals surface area (Å²) in [6, 6.07) is 8.66. The molecule has 3 rings (SSSR count). The van der Waals surface area contributed by atoms with Crippen LogP contribution in [0.5, 0.6) is 5.75 Å². The molecule has 0 aliphatic carbocycles. The number of methoxy groups -OCH3 is 2. The second-order valence-corrected chi connectivity index (χ2v) is 13.8. The van der Waals surface area contributed by atoms with Crippen molar-refractivity contribution in [3.63, 3.8) is 0 Å². The smallest absolute Gasteiger partial charge is 0.119 e. The summed E-state index contributed by atoms with van der Waals surface area (Å²) in [4.78, 5) is 0. The van der Waals surface area contributed by atoms with Crippen molar-refractivity contribution in [1.29, 1.82) is 0 Å². The van der Waals surface area contributed by atoms with Gasteiger partial charge in [-0.2, -0.15) is 23.5 Å². The predicted molar refractivity (Wildman–Crippen MR) is 145 cm³/mol. The quantitative estimate of drug-likeness (QED) is 0.326. The molecule has 2 aliphatic heterocycles. The third-order valence-electron chi connectivity index (χ3n) is 5.88. The van der Waals surface area contributed by atoms with Gasteiger partial charge in [0.15, 0.2) is 0 Å². The second-order valence-electron chi connectivity index (χ2n) is 8.12. The molecule has 0 N–H and O–H groups in total. The monoisotopic (exact) mass is 498 g/mol. The summed E-state index contributed by atoms with van der Waals surface area (Å²) in [5, 5.41) is 0.803. The van der Waals surface area contributed by atoms with E-state index in [-0.39, 0.29) is 10.2 Å². The van der Waals surface area contributed by atoms with Crippen LogP contribution >= 0.6 is 47.0 Å². The summed E-state index contributed by atoms with van der Waals surface area (Å²) in [6.45, 7) is 0. The number of hydrogen-bond donors (Lipinski definition) is 0. The van der Waals surface area contributed by atoms with E-state index in [9.17, 15) is 0 Å². The first-order valence-corrected chi connectivity index (χ1v) is 15.7. The van der Waals surface area contributed by atoms with Gasteiger partial charge in [0, 0.05) is 12.4 Å². The maximum absolute atomic E-state index is 5.85. The van der Waals surface area contributed by atoms with Gasteiger partial charge in [-0.3, -0.25) is 0 Å². The number of ether oxygens (including phenoxy) is 2. The molecule has 6 heteroatoms. The van der Waals surface area contributed by atoms with Crippen molar-refractivity contribution in [3.8, 4) is 5.75 Å². The summed E-state index contributed by atoms with van der Waals surface area (Å²) >= 11 is 8.52. The summed E-state index contributed by atoms with van der Waals surface area (Å²) in [5.74, 6) is 7.41. The van der Waals surface area contributed by atoms with Gasteiger partial charge in [-0.1, -0.05) is 24.3 Å². The fourth-order valence-electron chi connectivity index (χ4n) is 4.09. The van der Waals surface area contributed by atoms with Crippen molar-refractivity contribution in [3.05, 3.63) is 42.0 Å². The molecule has 2 saturated heterocycles. The lowest BCUT2D eigenvalue weighted by Crippen LogP contribution is -2.22. The molecule has 31 heavy (non-hydrogen) atoms. The lowest BCUT2D eigenvalue weighted by molar-refractivity contribution is 0.131. The predicted octanol–water partition coefficient (Wildman–Crippen LogP) is 7.48. The van der Waals surface area contributed by atoms with E-state index >= 15 is 0 Å². The third-order valence-corrected chi connectivity index (χ3v) is 11.9. The summed E-state index contributed by atoms with van der Waals surface area (Å²) in [6.07, 6.45) is 13.8. The molecule has 0 bridgehead atoms. The topological polar surface area (TPSA) is 18.5 Å². The van der Waals surface area contributed by atoms with Crippen molar-refractivity contribution in [1.82, 2.24) is 0 Å². The van der Waals surface area contributed by atoms with Crippen LogP contribution in [0.4, 0.5) is 0 Å². The van der Waals surface area contributed by atoms with E-state index in [1.165, 1.54) is 66.4 Å². The first-order valence-electron chi connectivity index (χ1n) is 11.6. The van der Waals surface area contributed by atoms with Crippen LogP contribution in [0.3, 0.4) is 0 Å².